The fourth-order valence-electron chi connectivity index (χ4n) is 6.27. The second kappa shape index (κ2) is 32.5. The lowest BCUT2D eigenvalue weighted by molar-refractivity contribution is -0.0260. The molecule has 3 aromatic carbocycles. The molecule has 344 valence electrons. The molecule has 15 nitrogen and oxygen atoms in total. The van der Waals surface area contributed by atoms with Gasteiger partial charge in [0.05, 0.1) is 124 Å². The third-order valence-electron chi connectivity index (χ3n) is 9.64. The molecule has 1 amide bonds. The molecule has 0 saturated carbocycles. The highest BCUT2D eigenvalue weighted by Crippen LogP contribution is 2.44. The average molecular weight is 869 g/mol. The minimum Gasteiger partial charge on any atom is -0.460 e. The van der Waals surface area contributed by atoms with Crippen molar-refractivity contribution in [3.63, 3.8) is 0 Å². The van der Waals surface area contributed by atoms with Crippen molar-refractivity contribution in [3.05, 3.63) is 89.5 Å². The van der Waals surface area contributed by atoms with E-state index in [1.807, 2.05) is 36.4 Å². The molecule has 0 heterocycles. The summed E-state index contributed by atoms with van der Waals surface area (Å²) in [5, 5.41) is 3.32. The molecule has 0 spiro atoms. The van der Waals surface area contributed by atoms with E-state index < -0.39 is 0 Å². The first-order chi connectivity index (χ1) is 30.6. The van der Waals surface area contributed by atoms with E-state index in [9.17, 15) is 9.59 Å². The second-order valence-electron chi connectivity index (χ2n) is 14.2. The van der Waals surface area contributed by atoms with Crippen LogP contribution < -0.4 is 5.32 Å². The smallest absolute Gasteiger partial charge is 0.409 e. The zero-order valence-corrected chi connectivity index (χ0v) is 36.7. The molecule has 0 bridgehead atoms. The molecule has 0 fully saturated rings. The standard InChI is InChI=1S/C47H68N2O13/c1-3-4-17-48-40-15-13-39(14-16-40)46(50)61-37-36-60-35-34-59-33-32-58-31-30-57-29-28-56-27-26-55-25-24-54-23-22-53-21-20-52-19-18-49(2)47(51)62-38-45-43-11-7-5-9-41(43)42-10-6-8-12-44(42)45/h5-16,45,48H,3-4,17-38H2,1-2H3. The summed E-state index contributed by atoms with van der Waals surface area (Å²) in [5.41, 5.74) is 6.29. The number of likely N-dealkylation sites (N-methyl/N-ethyl adjacent to an activating group) is 1. The van der Waals surface area contributed by atoms with E-state index in [4.69, 9.17) is 52.1 Å². The van der Waals surface area contributed by atoms with Gasteiger partial charge in [-0.15, -0.1) is 0 Å². The van der Waals surface area contributed by atoms with Crippen molar-refractivity contribution in [3.8, 4) is 11.1 Å². The van der Waals surface area contributed by atoms with Crippen molar-refractivity contribution in [1.29, 1.82) is 0 Å². The third-order valence-corrected chi connectivity index (χ3v) is 9.64. The van der Waals surface area contributed by atoms with Crippen LogP contribution in [0.4, 0.5) is 10.5 Å². The monoisotopic (exact) mass is 868 g/mol. The molecule has 1 aliphatic carbocycles. The Morgan fingerprint density at radius 3 is 1.35 bits per heavy atom. The number of unbranched alkanes of at least 4 members (excludes halogenated alkanes) is 1. The van der Waals surface area contributed by atoms with Gasteiger partial charge < -0.3 is 62.3 Å². The van der Waals surface area contributed by atoms with E-state index in [1.54, 1.807) is 19.2 Å². The minimum absolute atomic E-state index is 0.0333. The molecule has 4 rings (SSSR count). The molecule has 15 heteroatoms. The number of carbonyl (C=O) groups is 2. The summed E-state index contributed by atoms with van der Waals surface area (Å²) in [6.45, 7) is 12.0. The van der Waals surface area contributed by atoms with E-state index in [0.717, 1.165) is 25.1 Å². The Balaban J connectivity index is 0.802. The topological polar surface area (TPSA) is 151 Å². The molecule has 62 heavy (non-hydrogen) atoms. The third kappa shape index (κ3) is 20.4. The maximum atomic E-state index is 12.6. The fraction of sp³-hybridized carbons (Fsp3) is 0.574. The SMILES string of the molecule is CCCCNc1ccc(C(=O)OCCOCCOCCOCCOCCOCCOCCOCCOCCOCCN(C)C(=O)OCC2c3ccccc3-c3ccccc32)cc1. The van der Waals surface area contributed by atoms with Crippen LogP contribution in [0.1, 0.15) is 47.2 Å². The van der Waals surface area contributed by atoms with Crippen LogP contribution in [0.15, 0.2) is 72.8 Å². The van der Waals surface area contributed by atoms with Gasteiger partial charge in [0.25, 0.3) is 0 Å². The highest BCUT2D eigenvalue weighted by atomic mass is 16.6. The van der Waals surface area contributed by atoms with E-state index in [1.165, 1.54) is 27.2 Å². The first-order valence-corrected chi connectivity index (χ1v) is 21.8. The number of carbonyl (C=O) groups excluding carboxylic acids is 2. The van der Waals surface area contributed by atoms with Gasteiger partial charge in [-0.3, -0.25) is 0 Å². The molecule has 0 radical (unpaired) electrons. The van der Waals surface area contributed by atoms with Gasteiger partial charge in [0, 0.05) is 31.7 Å². The molecular weight excluding hydrogens is 801 g/mol. The van der Waals surface area contributed by atoms with Gasteiger partial charge in [0.1, 0.15) is 13.2 Å². The van der Waals surface area contributed by atoms with Gasteiger partial charge in [0.2, 0.25) is 0 Å². The van der Waals surface area contributed by atoms with Crippen LogP contribution in [0.3, 0.4) is 0 Å². The maximum Gasteiger partial charge on any atom is 0.409 e. The van der Waals surface area contributed by atoms with Gasteiger partial charge in [-0.1, -0.05) is 61.9 Å². The predicted molar refractivity (Wildman–Crippen MR) is 235 cm³/mol. The number of hydrogen-bond acceptors (Lipinski definition) is 14. The molecule has 0 aromatic heterocycles. The summed E-state index contributed by atoms with van der Waals surface area (Å²) >= 11 is 0. The molecule has 0 aliphatic heterocycles. The van der Waals surface area contributed by atoms with Crippen molar-refractivity contribution >= 4 is 17.7 Å². The van der Waals surface area contributed by atoms with E-state index in [0.29, 0.717) is 138 Å². The van der Waals surface area contributed by atoms with Crippen LogP contribution >= 0.6 is 0 Å². The summed E-state index contributed by atoms with van der Waals surface area (Å²) in [6.07, 6.45) is 1.87. The predicted octanol–water partition coefficient (Wildman–Crippen LogP) is 6.09. The van der Waals surface area contributed by atoms with E-state index in [2.05, 4.69) is 36.5 Å². The van der Waals surface area contributed by atoms with Crippen LogP contribution in [0.5, 0.6) is 0 Å². The number of amides is 1. The first kappa shape index (κ1) is 50.5. The summed E-state index contributed by atoms with van der Waals surface area (Å²) in [4.78, 5) is 26.3. The summed E-state index contributed by atoms with van der Waals surface area (Å²) in [5.74, 6) is -0.333. The number of anilines is 1. The lowest BCUT2D eigenvalue weighted by atomic mass is 9.98. The second-order valence-corrected chi connectivity index (χ2v) is 14.2. The highest BCUT2D eigenvalue weighted by molar-refractivity contribution is 5.89. The Kier molecular flexibility index (Phi) is 26.5. The number of rotatable bonds is 37. The van der Waals surface area contributed by atoms with Gasteiger partial charge >= 0.3 is 12.1 Å². The largest absolute Gasteiger partial charge is 0.460 e. The van der Waals surface area contributed by atoms with Crippen LogP contribution in [-0.4, -0.2) is 169 Å². The maximum absolute atomic E-state index is 12.6. The van der Waals surface area contributed by atoms with E-state index >= 15 is 0 Å². The zero-order valence-electron chi connectivity index (χ0n) is 36.7. The van der Waals surface area contributed by atoms with Crippen molar-refractivity contribution in [1.82, 2.24) is 4.90 Å². The van der Waals surface area contributed by atoms with Gasteiger partial charge in [-0.05, 0) is 52.9 Å². The summed E-state index contributed by atoms with van der Waals surface area (Å²) in [6, 6.07) is 23.9. The fourth-order valence-corrected chi connectivity index (χ4v) is 6.27. The molecule has 0 atom stereocenters. The van der Waals surface area contributed by atoms with Crippen LogP contribution in [-0.2, 0) is 52.1 Å². The number of esters is 1. The van der Waals surface area contributed by atoms with Crippen molar-refractivity contribution in [2.45, 2.75) is 25.7 Å². The summed E-state index contributed by atoms with van der Waals surface area (Å²) < 4.78 is 60.7. The minimum atomic E-state index is -0.369. The Morgan fingerprint density at radius 2 is 0.919 bits per heavy atom. The lowest BCUT2D eigenvalue weighted by Crippen LogP contribution is -2.32. The Labute approximate surface area is 367 Å². The van der Waals surface area contributed by atoms with Crippen LogP contribution in [0, 0.1) is 0 Å². The average Bonchev–Trinajstić information content (AvgIpc) is 3.62. The Bertz CT molecular complexity index is 1580. The Hall–Kier alpha value is -4.16. The summed E-state index contributed by atoms with van der Waals surface area (Å²) in [7, 11) is 1.71. The number of fused-ring (bicyclic) bond motifs is 3. The Morgan fingerprint density at radius 1 is 0.516 bits per heavy atom. The molecule has 0 unspecified atom stereocenters. The van der Waals surface area contributed by atoms with Gasteiger partial charge in [-0.2, -0.15) is 0 Å². The van der Waals surface area contributed by atoms with Gasteiger partial charge in [0.15, 0.2) is 0 Å². The molecule has 1 N–H and O–H groups in total. The quantitative estimate of drug-likeness (QED) is 0.0526. The molecular formula is C47H68N2O13. The highest BCUT2D eigenvalue weighted by Gasteiger charge is 2.29. The normalized spacial score (nSPS) is 12.0. The first-order valence-electron chi connectivity index (χ1n) is 21.8. The van der Waals surface area contributed by atoms with Crippen LogP contribution in [0.25, 0.3) is 11.1 Å². The number of nitrogens with one attached hydrogen (secondary N) is 1. The number of ether oxygens (including phenoxy) is 11. The van der Waals surface area contributed by atoms with Crippen LogP contribution in [0.2, 0.25) is 0 Å². The molecule has 0 saturated heterocycles. The molecule has 3 aromatic rings. The van der Waals surface area contributed by atoms with Crippen molar-refractivity contribution in [2.75, 3.05) is 158 Å². The van der Waals surface area contributed by atoms with Crippen molar-refractivity contribution < 1.29 is 61.7 Å². The molecule has 1 aliphatic rings. The number of hydrogen-bond donors (Lipinski definition) is 1. The lowest BCUT2D eigenvalue weighted by Gasteiger charge is -2.19. The van der Waals surface area contributed by atoms with E-state index in [-0.39, 0.29) is 24.6 Å². The zero-order chi connectivity index (χ0) is 43.7. The number of benzene rings is 3. The number of nitrogens with zero attached hydrogens (tertiary/aromatic N) is 1. The van der Waals surface area contributed by atoms with Crippen molar-refractivity contribution in [2.24, 2.45) is 0 Å². The van der Waals surface area contributed by atoms with Gasteiger partial charge in [-0.25, -0.2) is 9.59 Å².